The van der Waals surface area contributed by atoms with Crippen LogP contribution >= 0.6 is 34.5 Å². The summed E-state index contributed by atoms with van der Waals surface area (Å²) in [7, 11) is 0. The van der Waals surface area contributed by atoms with Crippen molar-refractivity contribution < 1.29 is 9.59 Å². The molecule has 22 heavy (non-hydrogen) atoms. The molecule has 3 N–H and O–H groups in total. The Hall–Kier alpha value is -1.56. The topological polar surface area (TPSA) is 72.2 Å². The Morgan fingerprint density at radius 1 is 1.32 bits per heavy atom. The van der Waals surface area contributed by atoms with Crippen molar-refractivity contribution in [3.05, 3.63) is 49.8 Å². The molecule has 0 saturated heterocycles. The molecule has 0 radical (unpaired) electrons. The predicted molar refractivity (Wildman–Crippen MR) is 91.4 cm³/mol. The predicted octanol–water partition coefficient (Wildman–Crippen LogP) is 4.28. The third-order valence-electron chi connectivity index (χ3n) is 3.21. The minimum atomic E-state index is -0.557. The largest absolute Gasteiger partial charge is 0.365 e. The van der Waals surface area contributed by atoms with E-state index in [1.807, 2.05) is 13.8 Å². The molecule has 0 aliphatic carbocycles. The number of aryl methyl sites for hydroxylation is 1. The van der Waals surface area contributed by atoms with E-state index in [1.54, 1.807) is 6.07 Å². The SMILES string of the molecule is CCc1c(C)sc(NC(=O)c2ccc(Cl)cc2Cl)c1C(N)=O. The molecule has 0 spiro atoms. The first-order valence-electron chi connectivity index (χ1n) is 6.53. The molecule has 2 aromatic rings. The minimum Gasteiger partial charge on any atom is -0.365 e. The Morgan fingerprint density at radius 3 is 2.55 bits per heavy atom. The van der Waals surface area contributed by atoms with Crippen molar-refractivity contribution in [3.63, 3.8) is 0 Å². The summed E-state index contributed by atoms with van der Waals surface area (Å²) in [4.78, 5) is 25.0. The summed E-state index contributed by atoms with van der Waals surface area (Å²) >= 11 is 13.2. The standard InChI is InChI=1S/C15H14Cl2N2O2S/c1-3-9-7(2)22-15(12(9)13(18)20)19-14(21)10-5-4-8(16)6-11(10)17/h4-6H,3H2,1-2H3,(H2,18,20)(H,19,21). The van der Waals surface area contributed by atoms with Crippen LogP contribution < -0.4 is 11.1 Å². The van der Waals surface area contributed by atoms with Crippen molar-refractivity contribution in [2.75, 3.05) is 5.32 Å². The van der Waals surface area contributed by atoms with Crippen LogP contribution in [0.25, 0.3) is 0 Å². The summed E-state index contributed by atoms with van der Waals surface area (Å²) in [6.07, 6.45) is 0.665. The van der Waals surface area contributed by atoms with Gasteiger partial charge in [-0.25, -0.2) is 0 Å². The number of primary amides is 1. The summed E-state index contributed by atoms with van der Waals surface area (Å²) in [5.41, 5.74) is 6.95. The van der Waals surface area contributed by atoms with Gasteiger partial charge in [-0.3, -0.25) is 9.59 Å². The molecule has 0 bridgehead atoms. The summed E-state index contributed by atoms with van der Waals surface area (Å²) in [6.45, 7) is 3.82. The van der Waals surface area contributed by atoms with Crippen LogP contribution in [0.5, 0.6) is 0 Å². The number of anilines is 1. The number of nitrogens with one attached hydrogen (secondary N) is 1. The molecule has 1 aromatic heterocycles. The van der Waals surface area contributed by atoms with Gasteiger partial charge in [0.15, 0.2) is 0 Å². The molecule has 0 atom stereocenters. The van der Waals surface area contributed by atoms with Crippen molar-refractivity contribution in [2.45, 2.75) is 20.3 Å². The van der Waals surface area contributed by atoms with Crippen LogP contribution in [0.1, 0.15) is 38.1 Å². The van der Waals surface area contributed by atoms with E-state index in [0.29, 0.717) is 22.0 Å². The fraction of sp³-hybridized carbons (Fsp3) is 0.200. The molecule has 1 aromatic carbocycles. The molecule has 0 aliphatic heterocycles. The van der Waals surface area contributed by atoms with Gasteiger partial charge in [0.1, 0.15) is 5.00 Å². The Labute approximate surface area is 142 Å². The van der Waals surface area contributed by atoms with Gasteiger partial charge in [-0.15, -0.1) is 11.3 Å². The van der Waals surface area contributed by atoms with E-state index < -0.39 is 11.8 Å². The number of carbonyl (C=O) groups excluding carboxylic acids is 2. The van der Waals surface area contributed by atoms with Gasteiger partial charge in [-0.05, 0) is 37.1 Å². The van der Waals surface area contributed by atoms with Gasteiger partial charge in [-0.1, -0.05) is 30.1 Å². The maximum absolute atomic E-state index is 12.3. The molecule has 0 saturated carbocycles. The average molecular weight is 357 g/mol. The lowest BCUT2D eigenvalue weighted by Crippen LogP contribution is -2.18. The van der Waals surface area contributed by atoms with E-state index >= 15 is 0 Å². The van der Waals surface area contributed by atoms with E-state index in [4.69, 9.17) is 28.9 Å². The van der Waals surface area contributed by atoms with E-state index in [0.717, 1.165) is 10.4 Å². The first-order chi connectivity index (χ1) is 10.3. The first-order valence-corrected chi connectivity index (χ1v) is 8.10. The lowest BCUT2D eigenvalue weighted by Gasteiger charge is -2.07. The van der Waals surface area contributed by atoms with Gasteiger partial charge < -0.3 is 11.1 Å². The van der Waals surface area contributed by atoms with Gasteiger partial charge in [-0.2, -0.15) is 0 Å². The Morgan fingerprint density at radius 2 is 2.00 bits per heavy atom. The molecule has 2 amide bonds. The van der Waals surface area contributed by atoms with Crippen molar-refractivity contribution in [1.29, 1.82) is 0 Å². The van der Waals surface area contributed by atoms with Crippen molar-refractivity contribution in [3.8, 4) is 0 Å². The monoisotopic (exact) mass is 356 g/mol. The number of hydrogen-bond donors (Lipinski definition) is 2. The summed E-state index contributed by atoms with van der Waals surface area (Å²) in [5, 5.41) is 3.85. The summed E-state index contributed by atoms with van der Waals surface area (Å²) < 4.78 is 0. The molecule has 1 heterocycles. The highest BCUT2D eigenvalue weighted by atomic mass is 35.5. The zero-order valence-electron chi connectivity index (χ0n) is 12.0. The van der Waals surface area contributed by atoms with Gasteiger partial charge in [0.25, 0.3) is 11.8 Å². The van der Waals surface area contributed by atoms with Crippen LogP contribution in [-0.4, -0.2) is 11.8 Å². The zero-order chi connectivity index (χ0) is 16.4. The Bertz CT molecular complexity index is 756. The van der Waals surface area contributed by atoms with Gasteiger partial charge >= 0.3 is 0 Å². The van der Waals surface area contributed by atoms with Gasteiger partial charge in [0, 0.05) is 9.90 Å². The van der Waals surface area contributed by atoms with E-state index in [1.165, 1.54) is 23.5 Å². The second-order valence-corrected chi connectivity index (χ2v) is 6.71. The number of hydrogen-bond acceptors (Lipinski definition) is 3. The first kappa shape index (κ1) is 16.8. The van der Waals surface area contributed by atoms with E-state index in [2.05, 4.69) is 5.32 Å². The molecule has 116 valence electrons. The van der Waals surface area contributed by atoms with Crippen LogP contribution in [0.4, 0.5) is 5.00 Å². The van der Waals surface area contributed by atoms with E-state index in [-0.39, 0.29) is 10.6 Å². The van der Waals surface area contributed by atoms with Crippen LogP contribution in [0, 0.1) is 6.92 Å². The highest BCUT2D eigenvalue weighted by Gasteiger charge is 2.21. The maximum atomic E-state index is 12.3. The van der Waals surface area contributed by atoms with Crippen LogP contribution in [0.2, 0.25) is 10.0 Å². The molecule has 0 aliphatic rings. The van der Waals surface area contributed by atoms with Gasteiger partial charge in [0.05, 0.1) is 16.1 Å². The average Bonchev–Trinajstić information content (AvgIpc) is 2.74. The van der Waals surface area contributed by atoms with Gasteiger partial charge in [0.2, 0.25) is 0 Å². The number of carbonyl (C=O) groups is 2. The lowest BCUT2D eigenvalue weighted by atomic mass is 10.1. The summed E-state index contributed by atoms with van der Waals surface area (Å²) in [5.74, 6) is -0.966. The van der Waals surface area contributed by atoms with Crippen LogP contribution in [0.3, 0.4) is 0 Å². The fourth-order valence-electron chi connectivity index (χ4n) is 2.20. The van der Waals surface area contributed by atoms with Crippen LogP contribution in [-0.2, 0) is 6.42 Å². The van der Waals surface area contributed by atoms with E-state index in [9.17, 15) is 9.59 Å². The molecule has 0 fully saturated rings. The molecule has 4 nitrogen and oxygen atoms in total. The number of nitrogens with two attached hydrogens (primary N) is 1. The van der Waals surface area contributed by atoms with Crippen LogP contribution in [0.15, 0.2) is 18.2 Å². The molecular formula is C15H14Cl2N2O2S. The van der Waals surface area contributed by atoms with Crippen molar-refractivity contribution in [2.24, 2.45) is 5.73 Å². The molecular weight excluding hydrogens is 343 g/mol. The maximum Gasteiger partial charge on any atom is 0.257 e. The fourth-order valence-corrected chi connectivity index (χ4v) is 3.84. The third-order valence-corrected chi connectivity index (χ3v) is 4.82. The Kier molecular flexibility index (Phi) is 5.11. The number of thiophene rings is 1. The second-order valence-electron chi connectivity index (χ2n) is 4.64. The minimum absolute atomic E-state index is 0.245. The molecule has 7 heteroatoms. The normalized spacial score (nSPS) is 10.5. The van der Waals surface area contributed by atoms with Crippen molar-refractivity contribution in [1.82, 2.24) is 0 Å². The molecule has 0 unspecified atom stereocenters. The second kappa shape index (κ2) is 6.69. The zero-order valence-corrected chi connectivity index (χ0v) is 14.3. The smallest absolute Gasteiger partial charge is 0.257 e. The molecule has 2 rings (SSSR count). The number of halogens is 2. The number of rotatable bonds is 4. The number of benzene rings is 1. The Balaban J connectivity index is 2.38. The number of amides is 2. The third kappa shape index (κ3) is 3.27. The quantitative estimate of drug-likeness (QED) is 0.857. The lowest BCUT2D eigenvalue weighted by molar-refractivity contribution is 0.100. The van der Waals surface area contributed by atoms with Crippen molar-refractivity contribution >= 4 is 51.4 Å². The summed E-state index contributed by atoms with van der Waals surface area (Å²) in [6, 6.07) is 4.60. The highest BCUT2D eigenvalue weighted by Crippen LogP contribution is 2.34. The highest BCUT2D eigenvalue weighted by molar-refractivity contribution is 7.16.